The molecule has 0 aliphatic heterocycles. The quantitative estimate of drug-likeness (QED) is 0.660. The number of esters is 1. The summed E-state index contributed by atoms with van der Waals surface area (Å²) in [6.45, 7) is 3.93. The maximum Gasteiger partial charge on any atom is 0.415 e. The van der Waals surface area contributed by atoms with Gasteiger partial charge in [-0.15, -0.1) is 0 Å². The molecule has 0 aromatic heterocycles. The lowest BCUT2D eigenvalue weighted by molar-refractivity contribution is -0.335. The standard InChI is InChI=1S/C15H18F4O4/c1-12(2,3)23-11(20)14(17,15(18,19)13(4,16)21)22-10-8-6-5-7-9-10/h5-9,21H,1-4H3. The van der Waals surface area contributed by atoms with Crippen LogP contribution in [-0.2, 0) is 9.53 Å². The SMILES string of the molecule is CC(C)(C)OC(=O)C(F)(Oc1ccccc1)C(F)(F)C(C)(O)F. The lowest BCUT2D eigenvalue weighted by atomic mass is 10.0. The van der Waals surface area contributed by atoms with Crippen LogP contribution in [0.3, 0.4) is 0 Å². The number of halogens is 4. The smallest absolute Gasteiger partial charge is 0.415 e. The number of aliphatic hydroxyl groups is 1. The molecular formula is C15H18F4O4. The minimum Gasteiger partial charge on any atom is -0.455 e. The second-order valence-corrected chi connectivity index (χ2v) is 6.04. The topological polar surface area (TPSA) is 55.8 Å². The monoisotopic (exact) mass is 338 g/mol. The third kappa shape index (κ3) is 4.13. The Kier molecular flexibility index (Phi) is 5.01. The van der Waals surface area contributed by atoms with E-state index < -0.39 is 35.0 Å². The van der Waals surface area contributed by atoms with E-state index >= 15 is 0 Å². The summed E-state index contributed by atoms with van der Waals surface area (Å²) >= 11 is 0. The number of para-hydroxylation sites is 1. The van der Waals surface area contributed by atoms with Crippen LogP contribution in [0.1, 0.15) is 27.7 Å². The number of rotatable bonds is 5. The zero-order chi connectivity index (χ0) is 18.1. The second kappa shape index (κ2) is 5.99. The molecule has 23 heavy (non-hydrogen) atoms. The molecular weight excluding hydrogens is 320 g/mol. The highest BCUT2D eigenvalue weighted by Gasteiger charge is 2.74. The van der Waals surface area contributed by atoms with E-state index in [4.69, 9.17) is 5.11 Å². The summed E-state index contributed by atoms with van der Waals surface area (Å²) in [4.78, 5) is 11.9. The van der Waals surface area contributed by atoms with Crippen LogP contribution in [0.2, 0.25) is 0 Å². The molecule has 0 heterocycles. The first-order valence-electron chi connectivity index (χ1n) is 6.66. The van der Waals surface area contributed by atoms with Crippen LogP contribution >= 0.6 is 0 Å². The first-order chi connectivity index (χ1) is 10.2. The van der Waals surface area contributed by atoms with Gasteiger partial charge < -0.3 is 14.6 Å². The molecule has 2 unspecified atom stereocenters. The molecule has 1 rings (SSSR count). The molecule has 130 valence electrons. The van der Waals surface area contributed by atoms with Crippen LogP contribution in [-0.4, -0.2) is 34.3 Å². The Morgan fingerprint density at radius 1 is 1.00 bits per heavy atom. The number of ether oxygens (including phenoxy) is 2. The van der Waals surface area contributed by atoms with E-state index in [2.05, 4.69) is 9.47 Å². The molecule has 0 bridgehead atoms. The molecule has 0 spiro atoms. The fourth-order valence-corrected chi connectivity index (χ4v) is 1.52. The van der Waals surface area contributed by atoms with E-state index in [1.54, 1.807) is 0 Å². The van der Waals surface area contributed by atoms with Crippen LogP contribution in [0.5, 0.6) is 5.75 Å². The summed E-state index contributed by atoms with van der Waals surface area (Å²) in [5.74, 6) is -16.8. The average Bonchev–Trinajstić information content (AvgIpc) is 2.36. The maximum atomic E-state index is 14.8. The lowest BCUT2D eigenvalue weighted by Gasteiger charge is -2.36. The van der Waals surface area contributed by atoms with Crippen molar-refractivity contribution < 1.29 is 36.9 Å². The van der Waals surface area contributed by atoms with Gasteiger partial charge in [0, 0.05) is 6.92 Å². The Bertz CT molecular complexity index is 549. The average molecular weight is 338 g/mol. The van der Waals surface area contributed by atoms with Crippen molar-refractivity contribution in [2.45, 2.75) is 50.9 Å². The van der Waals surface area contributed by atoms with Gasteiger partial charge in [-0.05, 0) is 32.9 Å². The Hall–Kier alpha value is -1.83. The Labute approximate surface area is 131 Å². The van der Waals surface area contributed by atoms with Gasteiger partial charge >= 0.3 is 17.7 Å². The van der Waals surface area contributed by atoms with Crippen LogP contribution in [0.15, 0.2) is 30.3 Å². The predicted octanol–water partition coefficient (Wildman–Crippen LogP) is 3.39. The van der Waals surface area contributed by atoms with Crippen molar-refractivity contribution >= 4 is 5.97 Å². The molecule has 0 aliphatic carbocycles. The van der Waals surface area contributed by atoms with Gasteiger partial charge in [0.1, 0.15) is 11.4 Å². The van der Waals surface area contributed by atoms with E-state index in [1.807, 2.05) is 0 Å². The van der Waals surface area contributed by atoms with Gasteiger partial charge in [0.2, 0.25) is 0 Å². The van der Waals surface area contributed by atoms with Crippen LogP contribution in [0.25, 0.3) is 0 Å². The molecule has 4 nitrogen and oxygen atoms in total. The Morgan fingerprint density at radius 3 is 1.87 bits per heavy atom. The van der Waals surface area contributed by atoms with Gasteiger partial charge in [-0.3, -0.25) is 0 Å². The summed E-state index contributed by atoms with van der Waals surface area (Å²) in [5, 5.41) is 8.96. The highest BCUT2D eigenvalue weighted by molar-refractivity contribution is 5.80. The molecule has 8 heteroatoms. The number of carbonyl (C=O) groups is 1. The van der Waals surface area contributed by atoms with Crippen molar-refractivity contribution in [1.82, 2.24) is 0 Å². The molecule has 0 saturated heterocycles. The van der Waals surface area contributed by atoms with Crippen molar-refractivity contribution in [1.29, 1.82) is 0 Å². The normalized spacial score (nSPS) is 17.8. The summed E-state index contributed by atoms with van der Waals surface area (Å²) in [6.07, 6.45) is 0. The van der Waals surface area contributed by atoms with Crippen LogP contribution in [0.4, 0.5) is 17.6 Å². The van der Waals surface area contributed by atoms with Gasteiger partial charge in [0.05, 0.1) is 0 Å². The second-order valence-electron chi connectivity index (χ2n) is 6.04. The molecule has 0 fully saturated rings. The van der Waals surface area contributed by atoms with Crippen molar-refractivity contribution in [3.63, 3.8) is 0 Å². The Balaban J connectivity index is 3.33. The molecule has 0 amide bonds. The molecule has 1 aromatic carbocycles. The highest BCUT2D eigenvalue weighted by atomic mass is 19.3. The fraction of sp³-hybridized carbons (Fsp3) is 0.533. The lowest BCUT2D eigenvalue weighted by Crippen LogP contribution is -2.65. The van der Waals surface area contributed by atoms with E-state index in [0.717, 1.165) is 12.1 Å². The number of alkyl halides is 4. The molecule has 1 aromatic rings. The third-order valence-electron chi connectivity index (χ3n) is 2.64. The van der Waals surface area contributed by atoms with Crippen molar-refractivity contribution in [3.05, 3.63) is 30.3 Å². The number of carbonyl (C=O) groups excluding carboxylic acids is 1. The fourth-order valence-electron chi connectivity index (χ4n) is 1.52. The molecule has 0 saturated carbocycles. The Morgan fingerprint density at radius 2 is 1.48 bits per heavy atom. The molecule has 0 radical (unpaired) electrons. The first-order valence-corrected chi connectivity index (χ1v) is 6.66. The summed E-state index contributed by atoms with van der Waals surface area (Å²) in [7, 11) is 0. The van der Waals surface area contributed by atoms with E-state index in [0.29, 0.717) is 0 Å². The summed E-state index contributed by atoms with van der Waals surface area (Å²) < 4.78 is 65.4. The molecule has 0 aliphatic rings. The van der Waals surface area contributed by atoms with E-state index in [9.17, 15) is 22.4 Å². The van der Waals surface area contributed by atoms with Crippen molar-refractivity contribution in [2.24, 2.45) is 0 Å². The minimum absolute atomic E-state index is 0.0139. The molecule has 2 atom stereocenters. The minimum atomic E-state index is -5.24. The predicted molar refractivity (Wildman–Crippen MR) is 73.4 cm³/mol. The number of hydrogen-bond donors (Lipinski definition) is 1. The van der Waals surface area contributed by atoms with Crippen LogP contribution in [0, 0.1) is 0 Å². The highest BCUT2D eigenvalue weighted by Crippen LogP contribution is 2.44. The van der Waals surface area contributed by atoms with E-state index in [-0.39, 0.29) is 6.92 Å². The van der Waals surface area contributed by atoms with Gasteiger partial charge in [-0.1, -0.05) is 18.2 Å². The third-order valence-corrected chi connectivity index (χ3v) is 2.64. The summed E-state index contributed by atoms with van der Waals surface area (Å²) in [6, 6.07) is 6.32. The maximum absolute atomic E-state index is 14.8. The zero-order valence-electron chi connectivity index (χ0n) is 13.1. The number of benzene rings is 1. The van der Waals surface area contributed by atoms with Crippen LogP contribution < -0.4 is 4.74 Å². The van der Waals surface area contributed by atoms with Gasteiger partial charge in [0.15, 0.2) is 0 Å². The largest absolute Gasteiger partial charge is 0.455 e. The van der Waals surface area contributed by atoms with Gasteiger partial charge in [-0.2, -0.15) is 13.2 Å². The van der Waals surface area contributed by atoms with Gasteiger partial charge in [0.25, 0.3) is 5.85 Å². The van der Waals surface area contributed by atoms with E-state index in [1.165, 1.54) is 39.0 Å². The zero-order valence-corrected chi connectivity index (χ0v) is 13.1. The first kappa shape index (κ1) is 19.2. The number of hydrogen-bond acceptors (Lipinski definition) is 4. The van der Waals surface area contributed by atoms with Gasteiger partial charge in [-0.25, -0.2) is 9.18 Å². The van der Waals surface area contributed by atoms with Crippen molar-refractivity contribution in [2.75, 3.05) is 0 Å². The molecule has 1 N–H and O–H groups in total. The summed E-state index contributed by atoms with van der Waals surface area (Å²) in [5.41, 5.74) is -1.34. The van der Waals surface area contributed by atoms with Crippen molar-refractivity contribution in [3.8, 4) is 5.75 Å².